The fourth-order valence-electron chi connectivity index (χ4n) is 1.75. The number of nitro benzene ring substituents is 1. The Bertz CT molecular complexity index is 900. The van der Waals surface area contributed by atoms with Gasteiger partial charge in [-0.25, -0.2) is 17.2 Å². The van der Waals surface area contributed by atoms with Gasteiger partial charge in [0.05, 0.1) is 14.7 Å². The van der Waals surface area contributed by atoms with Crippen molar-refractivity contribution >= 4 is 15.5 Å². The van der Waals surface area contributed by atoms with Crippen LogP contribution in [-0.4, -0.2) is 13.3 Å². The molecule has 0 saturated heterocycles. The Balaban J connectivity index is 2.64. The quantitative estimate of drug-likeness (QED) is 0.638. The van der Waals surface area contributed by atoms with Crippen molar-refractivity contribution < 1.29 is 22.1 Å². The Morgan fingerprint density at radius 2 is 1.64 bits per heavy atom. The molecule has 0 heterocycles. The van der Waals surface area contributed by atoms with Gasteiger partial charge < -0.3 is 0 Å². The van der Waals surface area contributed by atoms with Gasteiger partial charge in [-0.3, -0.25) is 10.1 Å². The van der Waals surface area contributed by atoms with Gasteiger partial charge in [-0.15, -0.1) is 0 Å². The zero-order valence-electron chi connectivity index (χ0n) is 10.7. The fraction of sp³-hybridized carbons (Fsp3) is 0. The second kappa shape index (κ2) is 5.50. The topological polar surface area (TPSA) is 101 Å². The Labute approximate surface area is 123 Å². The van der Waals surface area contributed by atoms with Crippen LogP contribution in [0.15, 0.2) is 46.2 Å². The summed E-state index contributed by atoms with van der Waals surface area (Å²) in [6.45, 7) is 0. The molecule has 6 nitrogen and oxygen atoms in total. The van der Waals surface area contributed by atoms with Crippen LogP contribution in [0.2, 0.25) is 0 Å². The van der Waals surface area contributed by atoms with Crippen molar-refractivity contribution in [2.24, 2.45) is 0 Å². The molecule has 0 saturated carbocycles. The highest BCUT2D eigenvalue weighted by molar-refractivity contribution is 7.91. The summed E-state index contributed by atoms with van der Waals surface area (Å²) < 4.78 is 50.8. The first kappa shape index (κ1) is 15.5. The molecule has 0 aliphatic heterocycles. The average Bonchev–Trinajstić information content (AvgIpc) is 2.45. The molecular weight excluding hydrogens is 318 g/mol. The van der Waals surface area contributed by atoms with Gasteiger partial charge in [0, 0.05) is 12.1 Å². The molecule has 2 aromatic rings. The standard InChI is InChI=1S/C13H6F2N2O4S/c14-9-4-10(15)6-12(5-9)22(20,21)11-1-2-13(17(18)19)8(3-11)7-16/h1-6H. The summed E-state index contributed by atoms with van der Waals surface area (Å²) in [5.74, 6) is -2.16. The zero-order valence-corrected chi connectivity index (χ0v) is 11.5. The van der Waals surface area contributed by atoms with Crippen molar-refractivity contribution in [2.45, 2.75) is 9.79 Å². The minimum Gasteiger partial charge on any atom is -0.258 e. The first-order valence-electron chi connectivity index (χ1n) is 5.65. The highest BCUT2D eigenvalue weighted by Crippen LogP contribution is 2.27. The molecule has 0 aromatic heterocycles. The molecule has 2 rings (SSSR count). The van der Waals surface area contributed by atoms with Gasteiger partial charge in [0.1, 0.15) is 23.3 Å². The molecule has 0 N–H and O–H groups in total. The number of halogens is 2. The number of nitrogens with zero attached hydrogens (tertiary/aromatic N) is 2. The number of sulfone groups is 1. The van der Waals surface area contributed by atoms with Crippen molar-refractivity contribution in [1.29, 1.82) is 5.26 Å². The van der Waals surface area contributed by atoms with E-state index >= 15 is 0 Å². The third kappa shape index (κ3) is 2.77. The summed E-state index contributed by atoms with van der Waals surface area (Å²) in [6, 6.07) is 5.79. The van der Waals surface area contributed by atoms with Crippen LogP contribution in [0.4, 0.5) is 14.5 Å². The lowest BCUT2D eigenvalue weighted by atomic mass is 10.2. The van der Waals surface area contributed by atoms with Gasteiger partial charge >= 0.3 is 0 Å². The van der Waals surface area contributed by atoms with Crippen LogP contribution in [0.5, 0.6) is 0 Å². The predicted octanol–water partition coefficient (Wildman–Crippen LogP) is 2.58. The first-order chi connectivity index (χ1) is 10.3. The van der Waals surface area contributed by atoms with Crippen LogP contribution in [-0.2, 0) is 9.84 Å². The van der Waals surface area contributed by atoms with Gasteiger partial charge in [0.25, 0.3) is 5.69 Å². The molecule has 0 amide bonds. The molecule has 0 atom stereocenters. The van der Waals surface area contributed by atoms with Crippen LogP contribution >= 0.6 is 0 Å². The van der Waals surface area contributed by atoms with E-state index in [1.165, 1.54) is 6.07 Å². The average molecular weight is 324 g/mol. The molecule has 0 bridgehead atoms. The Morgan fingerprint density at radius 3 is 2.14 bits per heavy atom. The first-order valence-corrected chi connectivity index (χ1v) is 7.14. The monoisotopic (exact) mass is 324 g/mol. The lowest BCUT2D eigenvalue weighted by Crippen LogP contribution is -2.04. The second-order valence-electron chi connectivity index (χ2n) is 4.16. The summed E-state index contributed by atoms with van der Waals surface area (Å²) in [7, 11) is -4.31. The van der Waals surface area contributed by atoms with E-state index in [2.05, 4.69) is 0 Å². The molecule has 0 fully saturated rings. The maximum Gasteiger partial charge on any atom is 0.287 e. The van der Waals surface area contributed by atoms with Crippen LogP contribution in [0.25, 0.3) is 0 Å². The number of hydrogen-bond donors (Lipinski definition) is 0. The largest absolute Gasteiger partial charge is 0.287 e. The van der Waals surface area contributed by atoms with Crippen molar-refractivity contribution in [3.63, 3.8) is 0 Å². The highest BCUT2D eigenvalue weighted by Gasteiger charge is 2.23. The van der Waals surface area contributed by atoms with Gasteiger partial charge in [-0.1, -0.05) is 0 Å². The van der Waals surface area contributed by atoms with Crippen molar-refractivity contribution in [1.82, 2.24) is 0 Å². The van der Waals surface area contributed by atoms with Crippen LogP contribution in [0, 0.1) is 33.1 Å². The van der Waals surface area contributed by atoms with Gasteiger partial charge in [0.15, 0.2) is 0 Å². The molecule has 9 heteroatoms. The van der Waals surface area contributed by atoms with Crippen LogP contribution in [0.3, 0.4) is 0 Å². The number of hydrogen-bond acceptors (Lipinski definition) is 5. The number of nitro groups is 1. The maximum atomic E-state index is 13.1. The highest BCUT2D eigenvalue weighted by atomic mass is 32.2. The maximum absolute atomic E-state index is 13.1. The van der Waals surface area contributed by atoms with E-state index in [0.29, 0.717) is 18.2 Å². The second-order valence-corrected chi connectivity index (χ2v) is 6.11. The van der Waals surface area contributed by atoms with E-state index in [-0.39, 0.29) is 0 Å². The van der Waals surface area contributed by atoms with E-state index in [4.69, 9.17) is 5.26 Å². The third-order valence-corrected chi connectivity index (χ3v) is 4.47. The van der Waals surface area contributed by atoms with Crippen molar-refractivity contribution in [2.75, 3.05) is 0 Å². The summed E-state index contributed by atoms with van der Waals surface area (Å²) in [5, 5.41) is 19.6. The van der Waals surface area contributed by atoms with Crippen LogP contribution in [0.1, 0.15) is 5.56 Å². The Hall–Kier alpha value is -2.86. The fourth-order valence-corrected chi connectivity index (χ4v) is 3.08. The third-order valence-electron chi connectivity index (χ3n) is 2.74. The van der Waals surface area contributed by atoms with Gasteiger partial charge in [-0.05, 0) is 24.3 Å². The lowest BCUT2D eigenvalue weighted by Gasteiger charge is -2.06. The lowest BCUT2D eigenvalue weighted by molar-refractivity contribution is -0.385. The smallest absolute Gasteiger partial charge is 0.258 e. The van der Waals surface area contributed by atoms with E-state index < -0.39 is 47.4 Å². The Morgan fingerprint density at radius 1 is 1.05 bits per heavy atom. The molecule has 0 aliphatic carbocycles. The Kier molecular flexibility index (Phi) is 3.88. The predicted molar refractivity (Wildman–Crippen MR) is 69.6 cm³/mol. The minimum atomic E-state index is -4.31. The van der Waals surface area contributed by atoms with Crippen LogP contribution < -0.4 is 0 Å². The summed E-state index contributed by atoms with van der Waals surface area (Å²) in [4.78, 5) is 8.75. The molecule has 0 spiro atoms. The molecular formula is C13H6F2N2O4S. The number of nitriles is 1. The van der Waals surface area contributed by atoms with Gasteiger partial charge in [0.2, 0.25) is 9.84 Å². The van der Waals surface area contributed by atoms with E-state index in [1.54, 1.807) is 0 Å². The summed E-state index contributed by atoms with van der Waals surface area (Å²) in [6.07, 6.45) is 0. The zero-order chi connectivity index (χ0) is 16.5. The SMILES string of the molecule is N#Cc1cc(S(=O)(=O)c2cc(F)cc(F)c2)ccc1[N+](=O)[O-]. The van der Waals surface area contributed by atoms with Crippen molar-refractivity contribution in [3.8, 4) is 6.07 Å². The molecule has 0 radical (unpaired) electrons. The molecule has 22 heavy (non-hydrogen) atoms. The van der Waals surface area contributed by atoms with E-state index in [9.17, 15) is 27.3 Å². The number of benzene rings is 2. The normalized spacial score (nSPS) is 11.0. The number of rotatable bonds is 3. The van der Waals surface area contributed by atoms with E-state index in [0.717, 1.165) is 18.2 Å². The minimum absolute atomic E-state index is 0.469. The van der Waals surface area contributed by atoms with Crippen molar-refractivity contribution in [3.05, 3.63) is 63.7 Å². The molecule has 2 aromatic carbocycles. The molecule has 112 valence electrons. The van der Waals surface area contributed by atoms with E-state index in [1.807, 2.05) is 0 Å². The molecule has 0 aliphatic rings. The summed E-state index contributed by atoms with van der Waals surface area (Å²) in [5.41, 5.74) is -1.03. The van der Waals surface area contributed by atoms with Gasteiger partial charge in [-0.2, -0.15) is 5.26 Å². The summed E-state index contributed by atoms with van der Waals surface area (Å²) >= 11 is 0. The molecule has 0 unspecified atom stereocenters.